The van der Waals surface area contributed by atoms with Gasteiger partial charge in [0.2, 0.25) is 10.0 Å². The van der Waals surface area contributed by atoms with Gasteiger partial charge in [-0.15, -0.1) is 0 Å². The molecule has 0 radical (unpaired) electrons. The van der Waals surface area contributed by atoms with Gasteiger partial charge in [-0.25, -0.2) is 8.42 Å². The third kappa shape index (κ3) is 3.51. The predicted octanol–water partition coefficient (Wildman–Crippen LogP) is 3.33. The summed E-state index contributed by atoms with van der Waals surface area (Å²) in [4.78, 5) is 0.401. The van der Waals surface area contributed by atoms with E-state index in [4.69, 9.17) is 0 Å². The molecule has 124 valence electrons. The fourth-order valence-corrected chi connectivity index (χ4v) is 4.50. The van der Waals surface area contributed by atoms with E-state index < -0.39 is 10.0 Å². The zero-order chi connectivity index (χ0) is 16.4. The molecule has 2 aromatic rings. The van der Waals surface area contributed by atoms with Crippen LogP contribution in [0.1, 0.15) is 37.4 Å². The Balaban J connectivity index is 1.87. The average molecular weight is 332 g/mol. The lowest BCUT2D eigenvalue weighted by atomic mass is 10.1. The van der Waals surface area contributed by atoms with E-state index in [0.29, 0.717) is 11.4 Å². The molecule has 0 unspecified atom stereocenters. The number of aryl methyl sites for hydroxylation is 2. The van der Waals surface area contributed by atoms with Gasteiger partial charge in [-0.05, 0) is 49.1 Å². The maximum Gasteiger partial charge on any atom is 0.243 e. The SMILES string of the molecule is CCCc1ccc(S(=O)(=O)N(Cc2cccn2C)C2CC2)cc1. The molecule has 0 aliphatic heterocycles. The Morgan fingerprint density at radius 3 is 2.39 bits per heavy atom. The molecule has 1 aliphatic carbocycles. The number of sulfonamides is 1. The van der Waals surface area contributed by atoms with E-state index in [1.807, 2.05) is 42.1 Å². The highest BCUT2D eigenvalue weighted by Gasteiger charge is 2.38. The Bertz CT molecular complexity index is 759. The quantitative estimate of drug-likeness (QED) is 0.780. The summed E-state index contributed by atoms with van der Waals surface area (Å²) in [6.07, 6.45) is 5.91. The summed E-state index contributed by atoms with van der Waals surface area (Å²) < 4.78 is 29.7. The van der Waals surface area contributed by atoms with E-state index in [1.165, 1.54) is 5.56 Å². The van der Waals surface area contributed by atoms with Crippen molar-refractivity contribution in [2.75, 3.05) is 0 Å². The summed E-state index contributed by atoms with van der Waals surface area (Å²) in [5.74, 6) is 0. The van der Waals surface area contributed by atoms with Gasteiger partial charge in [0.05, 0.1) is 11.4 Å². The number of rotatable bonds is 7. The fraction of sp³-hybridized carbons (Fsp3) is 0.444. The third-order valence-corrected chi connectivity index (χ3v) is 6.30. The minimum absolute atomic E-state index is 0.144. The molecule has 0 atom stereocenters. The van der Waals surface area contributed by atoms with Crippen molar-refractivity contribution < 1.29 is 8.42 Å². The van der Waals surface area contributed by atoms with Crippen LogP contribution in [-0.2, 0) is 30.0 Å². The highest BCUT2D eigenvalue weighted by Crippen LogP contribution is 2.33. The van der Waals surface area contributed by atoms with E-state index in [9.17, 15) is 8.42 Å². The molecule has 3 rings (SSSR count). The number of aromatic nitrogens is 1. The van der Waals surface area contributed by atoms with E-state index in [-0.39, 0.29) is 6.04 Å². The van der Waals surface area contributed by atoms with Gasteiger partial charge in [-0.3, -0.25) is 0 Å². The minimum atomic E-state index is -3.44. The summed E-state index contributed by atoms with van der Waals surface area (Å²) in [6, 6.07) is 11.4. The number of hydrogen-bond donors (Lipinski definition) is 0. The molecule has 0 spiro atoms. The minimum Gasteiger partial charge on any atom is -0.353 e. The highest BCUT2D eigenvalue weighted by atomic mass is 32.2. The zero-order valence-electron chi connectivity index (χ0n) is 13.8. The van der Waals surface area contributed by atoms with Crippen molar-refractivity contribution >= 4 is 10.0 Å². The van der Waals surface area contributed by atoms with Crippen LogP contribution in [0.4, 0.5) is 0 Å². The molecular weight excluding hydrogens is 308 g/mol. The lowest BCUT2D eigenvalue weighted by molar-refractivity contribution is 0.390. The first-order valence-corrected chi connectivity index (χ1v) is 9.67. The Kier molecular flexibility index (Phi) is 4.60. The second-order valence-corrected chi connectivity index (χ2v) is 8.18. The van der Waals surface area contributed by atoms with E-state index in [2.05, 4.69) is 6.92 Å². The van der Waals surface area contributed by atoms with Gasteiger partial charge >= 0.3 is 0 Å². The smallest absolute Gasteiger partial charge is 0.243 e. The van der Waals surface area contributed by atoms with Crippen LogP contribution in [-0.4, -0.2) is 23.3 Å². The average Bonchev–Trinajstić information content (AvgIpc) is 3.28. The Labute approximate surface area is 138 Å². The van der Waals surface area contributed by atoms with Crippen molar-refractivity contribution in [3.05, 3.63) is 53.9 Å². The maximum absolute atomic E-state index is 13.0. The number of benzene rings is 1. The van der Waals surface area contributed by atoms with Crippen LogP contribution in [0, 0.1) is 0 Å². The number of hydrogen-bond acceptors (Lipinski definition) is 2. The summed E-state index contributed by atoms with van der Waals surface area (Å²) in [5.41, 5.74) is 2.20. The molecule has 23 heavy (non-hydrogen) atoms. The highest BCUT2D eigenvalue weighted by molar-refractivity contribution is 7.89. The summed E-state index contributed by atoms with van der Waals surface area (Å²) in [6.45, 7) is 2.56. The molecule has 1 aliphatic rings. The lowest BCUT2D eigenvalue weighted by Gasteiger charge is -2.22. The molecule has 1 aromatic heterocycles. The summed E-state index contributed by atoms with van der Waals surface area (Å²) >= 11 is 0. The normalized spacial score (nSPS) is 15.3. The largest absolute Gasteiger partial charge is 0.353 e. The van der Waals surface area contributed by atoms with Gasteiger partial charge in [0, 0.05) is 25.0 Å². The molecule has 1 heterocycles. The topological polar surface area (TPSA) is 42.3 Å². The Morgan fingerprint density at radius 1 is 1.17 bits per heavy atom. The van der Waals surface area contributed by atoms with Gasteiger partial charge in [0.25, 0.3) is 0 Å². The molecule has 0 amide bonds. The van der Waals surface area contributed by atoms with Gasteiger partial charge < -0.3 is 4.57 Å². The Morgan fingerprint density at radius 2 is 1.87 bits per heavy atom. The predicted molar refractivity (Wildman–Crippen MR) is 91.6 cm³/mol. The fourth-order valence-electron chi connectivity index (χ4n) is 2.85. The van der Waals surface area contributed by atoms with Gasteiger partial charge in [-0.1, -0.05) is 25.5 Å². The first kappa shape index (κ1) is 16.3. The standard InChI is InChI=1S/C18H24N2O2S/c1-3-5-15-7-11-18(12-8-15)23(21,22)20(16-9-10-16)14-17-6-4-13-19(17)2/h4,6-8,11-13,16H,3,5,9-10,14H2,1-2H3. The monoisotopic (exact) mass is 332 g/mol. The molecule has 1 saturated carbocycles. The van der Waals surface area contributed by atoms with E-state index in [1.54, 1.807) is 16.4 Å². The van der Waals surface area contributed by atoms with Crippen molar-refractivity contribution in [3.8, 4) is 0 Å². The molecule has 4 nitrogen and oxygen atoms in total. The first-order valence-electron chi connectivity index (χ1n) is 8.23. The van der Waals surface area contributed by atoms with Crippen LogP contribution < -0.4 is 0 Å². The Hall–Kier alpha value is -1.59. The van der Waals surface area contributed by atoms with Crippen molar-refractivity contribution in [2.24, 2.45) is 7.05 Å². The molecule has 0 N–H and O–H groups in total. The van der Waals surface area contributed by atoms with Crippen LogP contribution in [0.15, 0.2) is 47.5 Å². The molecule has 0 bridgehead atoms. The van der Waals surface area contributed by atoms with Gasteiger partial charge in [-0.2, -0.15) is 4.31 Å². The summed E-state index contributed by atoms with van der Waals surface area (Å²) in [7, 11) is -1.49. The van der Waals surface area contributed by atoms with Crippen molar-refractivity contribution in [1.82, 2.24) is 8.87 Å². The first-order chi connectivity index (χ1) is 11.0. The van der Waals surface area contributed by atoms with Crippen LogP contribution in [0.5, 0.6) is 0 Å². The molecule has 1 fully saturated rings. The van der Waals surface area contributed by atoms with Gasteiger partial charge in [0.1, 0.15) is 0 Å². The van der Waals surface area contributed by atoms with Crippen molar-refractivity contribution in [2.45, 2.75) is 50.1 Å². The van der Waals surface area contributed by atoms with Crippen molar-refractivity contribution in [1.29, 1.82) is 0 Å². The van der Waals surface area contributed by atoms with Gasteiger partial charge in [0.15, 0.2) is 0 Å². The van der Waals surface area contributed by atoms with Crippen LogP contribution in [0.3, 0.4) is 0 Å². The third-order valence-electron chi connectivity index (χ3n) is 4.39. The van der Waals surface area contributed by atoms with Crippen LogP contribution in [0.25, 0.3) is 0 Å². The lowest BCUT2D eigenvalue weighted by Crippen LogP contribution is -2.33. The molecule has 1 aromatic carbocycles. The second kappa shape index (κ2) is 6.49. The molecular formula is C18H24N2O2S. The summed E-state index contributed by atoms with van der Waals surface area (Å²) in [5, 5.41) is 0. The molecule has 0 saturated heterocycles. The molecule has 5 heteroatoms. The van der Waals surface area contributed by atoms with Crippen LogP contribution in [0.2, 0.25) is 0 Å². The van der Waals surface area contributed by atoms with Crippen molar-refractivity contribution in [3.63, 3.8) is 0 Å². The zero-order valence-corrected chi connectivity index (χ0v) is 14.6. The van der Waals surface area contributed by atoms with E-state index in [0.717, 1.165) is 31.4 Å². The number of nitrogens with zero attached hydrogens (tertiary/aromatic N) is 2. The second-order valence-electron chi connectivity index (χ2n) is 6.29. The van der Waals surface area contributed by atoms with E-state index >= 15 is 0 Å². The van der Waals surface area contributed by atoms with Crippen LogP contribution >= 0.6 is 0 Å². The maximum atomic E-state index is 13.0.